The number of halogens is 2. The zero-order valence-corrected chi connectivity index (χ0v) is 16.7. The Morgan fingerprint density at radius 2 is 1.82 bits per heavy atom. The average molecular weight is 417 g/mol. The predicted molar refractivity (Wildman–Crippen MR) is 101 cm³/mol. The number of piperidine rings is 1. The van der Waals surface area contributed by atoms with E-state index in [4.69, 9.17) is 0 Å². The van der Waals surface area contributed by atoms with Gasteiger partial charge >= 0.3 is 11.8 Å². The van der Waals surface area contributed by atoms with Crippen LogP contribution >= 0.6 is 0 Å². The van der Waals surface area contributed by atoms with Crippen LogP contribution in [0.25, 0.3) is 0 Å². The van der Waals surface area contributed by atoms with E-state index in [2.05, 4.69) is 5.32 Å². The highest BCUT2D eigenvalue weighted by Gasteiger charge is 2.30. The van der Waals surface area contributed by atoms with E-state index in [-0.39, 0.29) is 11.9 Å². The van der Waals surface area contributed by atoms with Crippen LogP contribution in [0.2, 0.25) is 0 Å². The Hall–Kier alpha value is -2.23. The number of nitrogens with one attached hydrogen (secondary N) is 1. The van der Waals surface area contributed by atoms with Gasteiger partial charge in [-0.2, -0.15) is 8.78 Å². The van der Waals surface area contributed by atoms with Crippen molar-refractivity contribution in [1.82, 2.24) is 9.80 Å². The molecule has 1 heterocycles. The smallest absolute Gasteiger partial charge is 0.326 e. The summed E-state index contributed by atoms with van der Waals surface area (Å²) in [6.45, 7) is 5.88. The number of nitrogens with zero attached hydrogens (tertiary/aromatic N) is 2. The van der Waals surface area contributed by atoms with Gasteiger partial charge in [-0.1, -0.05) is 0 Å². The summed E-state index contributed by atoms with van der Waals surface area (Å²) in [5.74, 6) is -4.18. The van der Waals surface area contributed by atoms with Crippen molar-refractivity contribution in [2.75, 3.05) is 31.5 Å². The van der Waals surface area contributed by atoms with Crippen molar-refractivity contribution < 1.29 is 26.8 Å². The van der Waals surface area contributed by atoms with Crippen molar-refractivity contribution in [3.05, 3.63) is 24.3 Å². The number of likely N-dealkylation sites (tertiary alicyclic amines) is 1. The van der Waals surface area contributed by atoms with Crippen LogP contribution in [0.3, 0.4) is 0 Å². The number of hydrogen-bond donors (Lipinski definition) is 1. The van der Waals surface area contributed by atoms with E-state index >= 15 is 0 Å². The molecule has 1 aromatic rings. The zero-order valence-electron chi connectivity index (χ0n) is 15.9. The summed E-state index contributed by atoms with van der Waals surface area (Å²) in [5, 5.41) is 2.66. The molecule has 1 fully saturated rings. The van der Waals surface area contributed by atoms with Gasteiger partial charge in [0, 0.05) is 31.9 Å². The number of amides is 3. The van der Waals surface area contributed by atoms with Crippen molar-refractivity contribution in [1.29, 1.82) is 0 Å². The van der Waals surface area contributed by atoms with E-state index < -0.39 is 26.4 Å². The number of rotatable bonds is 6. The molecule has 28 heavy (non-hydrogen) atoms. The monoisotopic (exact) mass is 417 g/mol. The molecule has 156 valence electrons. The fraction of sp³-hybridized carbons (Fsp3) is 0.556. The van der Waals surface area contributed by atoms with Gasteiger partial charge in [0.2, 0.25) is 15.7 Å². The first kappa shape index (κ1) is 22.1. The largest absolute Gasteiger partial charge is 0.341 e. The molecule has 10 heteroatoms. The number of sulfone groups is 1. The van der Waals surface area contributed by atoms with Crippen LogP contribution in [0.1, 0.15) is 26.7 Å². The number of urea groups is 1. The van der Waals surface area contributed by atoms with Gasteiger partial charge in [-0.3, -0.25) is 4.79 Å². The summed E-state index contributed by atoms with van der Waals surface area (Å²) < 4.78 is 48.0. The normalized spacial score (nSPS) is 17.5. The third-order valence-electron chi connectivity index (χ3n) is 4.78. The predicted octanol–water partition coefficient (Wildman–Crippen LogP) is 2.80. The molecular weight excluding hydrogens is 392 g/mol. The molecule has 1 aliphatic heterocycles. The third kappa shape index (κ3) is 4.98. The van der Waals surface area contributed by atoms with Crippen LogP contribution in [0.4, 0.5) is 19.3 Å². The molecule has 0 spiro atoms. The van der Waals surface area contributed by atoms with Gasteiger partial charge in [0.1, 0.15) is 0 Å². The topological polar surface area (TPSA) is 86.8 Å². The van der Waals surface area contributed by atoms with Gasteiger partial charge in [-0.15, -0.1) is 0 Å². The molecule has 1 atom stereocenters. The first-order valence-electron chi connectivity index (χ1n) is 9.17. The fourth-order valence-corrected chi connectivity index (χ4v) is 3.86. The molecule has 0 aromatic heterocycles. The van der Waals surface area contributed by atoms with Crippen molar-refractivity contribution >= 4 is 27.5 Å². The molecule has 1 N–H and O–H groups in total. The van der Waals surface area contributed by atoms with Crippen LogP contribution in [0, 0.1) is 5.92 Å². The average Bonchev–Trinajstić information content (AvgIpc) is 2.69. The highest BCUT2D eigenvalue weighted by Crippen LogP contribution is 2.22. The number of benzene rings is 1. The van der Waals surface area contributed by atoms with E-state index in [0.29, 0.717) is 44.7 Å². The molecule has 0 radical (unpaired) electrons. The maximum atomic E-state index is 12.6. The van der Waals surface area contributed by atoms with Crippen molar-refractivity contribution in [3.8, 4) is 0 Å². The standard InChI is InChI=1S/C18H25F2N3O4S/c1-3-22(4-2)18(25)23-11-5-6-13(12-23)16(24)21-14-7-9-15(10-8-14)28(26,27)17(19)20/h7-10,13,17H,3-6,11-12H2,1-2H3,(H,21,24)/t13-/m1/s1. The first-order valence-corrected chi connectivity index (χ1v) is 10.7. The zero-order chi connectivity index (χ0) is 20.9. The summed E-state index contributed by atoms with van der Waals surface area (Å²) >= 11 is 0. The van der Waals surface area contributed by atoms with Crippen LogP contribution in [0.15, 0.2) is 29.2 Å². The van der Waals surface area contributed by atoms with E-state index in [1.54, 1.807) is 9.80 Å². The van der Waals surface area contributed by atoms with Gasteiger partial charge in [0.25, 0.3) is 0 Å². The van der Waals surface area contributed by atoms with E-state index in [1.165, 1.54) is 12.1 Å². The second kappa shape index (κ2) is 9.31. The molecular formula is C18H25F2N3O4S. The molecule has 2 rings (SSSR count). The van der Waals surface area contributed by atoms with Gasteiger partial charge in [0.15, 0.2) is 0 Å². The van der Waals surface area contributed by atoms with Crippen LogP contribution in [0.5, 0.6) is 0 Å². The lowest BCUT2D eigenvalue weighted by Crippen LogP contribution is -2.49. The first-order chi connectivity index (χ1) is 13.2. The van der Waals surface area contributed by atoms with Crippen LogP contribution < -0.4 is 5.32 Å². The number of carbonyl (C=O) groups excluding carboxylic acids is 2. The van der Waals surface area contributed by atoms with Gasteiger partial charge in [-0.25, -0.2) is 13.2 Å². The minimum absolute atomic E-state index is 0.0935. The van der Waals surface area contributed by atoms with Gasteiger partial charge in [0.05, 0.1) is 10.8 Å². The molecule has 1 aliphatic rings. The fourth-order valence-electron chi connectivity index (χ4n) is 3.13. The van der Waals surface area contributed by atoms with E-state index in [9.17, 15) is 26.8 Å². The molecule has 1 saturated heterocycles. The molecule has 3 amide bonds. The number of anilines is 1. The number of hydrogen-bond acceptors (Lipinski definition) is 4. The Bertz CT molecular complexity index is 796. The summed E-state index contributed by atoms with van der Waals surface area (Å²) in [6, 6.07) is 4.52. The Morgan fingerprint density at radius 1 is 1.21 bits per heavy atom. The van der Waals surface area contributed by atoms with Crippen LogP contribution in [-0.2, 0) is 14.6 Å². The van der Waals surface area contributed by atoms with Crippen molar-refractivity contribution in [2.45, 2.75) is 37.3 Å². The Balaban J connectivity index is 2.01. The Morgan fingerprint density at radius 3 is 2.36 bits per heavy atom. The summed E-state index contributed by atoms with van der Waals surface area (Å²) in [6.07, 6.45) is 1.34. The maximum absolute atomic E-state index is 12.6. The quantitative estimate of drug-likeness (QED) is 0.771. The van der Waals surface area contributed by atoms with Crippen LogP contribution in [-0.4, -0.2) is 62.1 Å². The summed E-state index contributed by atoms with van der Waals surface area (Å²) in [4.78, 5) is 27.9. The minimum atomic E-state index is -4.67. The highest BCUT2D eigenvalue weighted by molar-refractivity contribution is 7.91. The Labute approximate surface area is 163 Å². The lowest BCUT2D eigenvalue weighted by atomic mass is 9.97. The minimum Gasteiger partial charge on any atom is -0.326 e. The lowest BCUT2D eigenvalue weighted by molar-refractivity contribution is -0.121. The molecule has 7 nitrogen and oxygen atoms in total. The van der Waals surface area contributed by atoms with Crippen molar-refractivity contribution in [2.24, 2.45) is 5.92 Å². The SMILES string of the molecule is CCN(CC)C(=O)N1CCC[C@@H](C(=O)Nc2ccc(S(=O)(=O)C(F)F)cc2)C1. The summed E-state index contributed by atoms with van der Waals surface area (Å²) in [5.41, 5.74) is 0.311. The number of alkyl halides is 2. The third-order valence-corrected chi connectivity index (χ3v) is 6.18. The van der Waals surface area contributed by atoms with E-state index in [1.807, 2.05) is 13.8 Å². The maximum Gasteiger partial charge on any atom is 0.341 e. The second-order valence-electron chi connectivity index (χ2n) is 6.56. The second-order valence-corrected chi connectivity index (χ2v) is 8.48. The Kier molecular flexibility index (Phi) is 7.34. The number of carbonyl (C=O) groups is 2. The molecule has 0 aliphatic carbocycles. The van der Waals surface area contributed by atoms with Gasteiger partial charge in [-0.05, 0) is 51.0 Å². The van der Waals surface area contributed by atoms with Crippen molar-refractivity contribution in [3.63, 3.8) is 0 Å². The van der Waals surface area contributed by atoms with Gasteiger partial charge < -0.3 is 15.1 Å². The lowest BCUT2D eigenvalue weighted by Gasteiger charge is -2.35. The van der Waals surface area contributed by atoms with E-state index in [0.717, 1.165) is 12.1 Å². The molecule has 1 aromatic carbocycles. The summed E-state index contributed by atoms with van der Waals surface area (Å²) in [7, 11) is -4.67. The molecule has 0 unspecified atom stereocenters. The highest BCUT2D eigenvalue weighted by atomic mass is 32.2. The molecule has 0 saturated carbocycles. The molecule has 0 bridgehead atoms.